The van der Waals surface area contributed by atoms with Gasteiger partial charge in [0, 0.05) is 5.56 Å². The van der Waals surface area contributed by atoms with Crippen LogP contribution < -0.4 is 0 Å². The normalized spacial score (nSPS) is 13.5. The van der Waals surface area contributed by atoms with E-state index in [1.54, 1.807) is 60.7 Å². The minimum absolute atomic E-state index is 0.276. The summed E-state index contributed by atoms with van der Waals surface area (Å²) in [6.07, 6.45) is -1.37. The van der Waals surface area contributed by atoms with E-state index < -0.39 is 17.9 Å². The van der Waals surface area contributed by atoms with Crippen molar-refractivity contribution in [2.45, 2.75) is 12.1 Å². The van der Waals surface area contributed by atoms with Crippen LogP contribution in [0.15, 0.2) is 60.7 Å². The quantitative estimate of drug-likeness (QED) is 0.608. The van der Waals surface area contributed by atoms with Gasteiger partial charge in [0.2, 0.25) is 0 Å². The second kappa shape index (κ2) is 6.05. The van der Waals surface area contributed by atoms with E-state index >= 15 is 0 Å². The molecule has 0 fully saturated rings. The molecule has 0 aliphatic carbocycles. The molecule has 2 unspecified atom stereocenters. The first kappa shape index (κ1) is 13.1. The van der Waals surface area contributed by atoms with Gasteiger partial charge in [-0.2, -0.15) is 0 Å². The van der Waals surface area contributed by atoms with Gasteiger partial charge in [-0.15, -0.1) is 0 Å². The van der Waals surface area contributed by atoms with Crippen LogP contribution in [-0.4, -0.2) is 18.2 Å². The van der Waals surface area contributed by atoms with Crippen LogP contribution in [0.3, 0.4) is 0 Å². The van der Waals surface area contributed by atoms with Gasteiger partial charge in [0.15, 0.2) is 12.0 Å². The number of hydrogen-bond acceptors (Lipinski definition) is 2. The van der Waals surface area contributed by atoms with Gasteiger partial charge in [-0.25, -0.2) is 4.39 Å². The van der Waals surface area contributed by atoms with Gasteiger partial charge in [0.25, 0.3) is 0 Å². The van der Waals surface area contributed by atoms with Crippen LogP contribution in [0.5, 0.6) is 0 Å². The Morgan fingerprint density at radius 1 is 0.947 bits per heavy atom. The van der Waals surface area contributed by atoms with Crippen molar-refractivity contribution in [2.24, 2.45) is 0 Å². The molecule has 3 heteroatoms. The monoisotopic (exact) mass is 256 g/mol. The number of aldehydes is 1. The zero-order valence-corrected chi connectivity index (χ0v) is 10.2. The highest BCUT2D eigenvalue weighted by Crippen LogP contribution is 2.23. The van der Waals surface area contributed by atoms with Crippen molar-refractivity contribution >= 4 is 12.1 Å². The maximum absolute atomic E-state index is 14.3. The topological polar surface area (TPSA) is 34.1 Å². The van der Waals surface area contributed by atoms with Crippen LogP contribution >= 0.6 is 0 Å². The average Bonchev–Trinajstić information content (AvgIpc) is 2.49. The highest BCUT2D eigenvalue weighted by molar-refractivity contribution is 6.01. The highest BCUT2D eigenvalue weighted by atomic mass is 19.1. The molecule has 2 nitrogen and oxygen atoms in total. The van der Waals surface area contributed by atoms with Crippen molar-refractivity contribution in [3.8, 4) is 0 Å². The number of ketones is 1. The summed E-state index contributed by atoms with van der Waals surface area (Å²) in [6.45, 7) is 0. The zero-order chi connectivity index (χ0) is 13.7. The van der Waals surface area contributed by atoms with Gasteiger partial charge in [-0.05, 0) is 5.56 Å². The van der Waals surface area contributed by atoms with Crippen molar-refractivity contribution in [2.75, 3.05) is 0 Å². The summed E-state index contributed by atoms with van der Waals surface area (Å²) in [7, 11) is 0. The van der Waals surface area contributed by atoms with Crippen LogP contribution in [0, 0.1) is 0 Å². The van der Waals surface area contributed by atoms with E-state index in [0.717, 1.165) is 0 Å². The lowest BCUT2D eigenvalue weighted by Crippen LogP contribution is -2.25. The fraction of sp³-hybridized carbons (Fsp3) is 0.125. The Kier molecular flexibility index (Phi) is 4.18. The lowest BCUT2D eigenvalue weighted by Gasteiger charge is -2.15. The lowest BCUT2D eigenvalue weighted by molar-refractivity contribution is -0.110. The standard InChI is InChI=1S/C16H13FO2/c17-15(16(19)13-9-5-2-6-10-13)14(11-18)12-7-3-1-4-8-12/h1-11,14-15H. The van der Waals surface area contributed by atoms with Crippen molar-refractivity contribution in [3.63, 3.8) is 0 Å². The Morgan fingerprint density at radius 3 is 2.00 bits per heavy atom. The van der Waals surface area contributed by atoms with E-state index in [-0.39, 0.29) is 5.56 Å². The molecular weight excluding hydrogens is 243 g/mol. The molecule has 96 valence electrons. The van der Waals surface area contributed by atoms with Crippen molar-refractivity contribution < 1.29 is 14.0 Å². The first-order chi connectivity index (χ1) is 9.24. The van der Waals surface area contributed by atoms with Gasteiger partial charge in [-0.3, -0.25) is 4.79 Å². The predicted octanol–water partition coefficient (Wildman–Crippen LogP) is 3.19. The Hall–Kier alpha value is -2.29. The third-order valence-corrected chi connectivity index (χ3v) is 2.96. The zero-order valence-electron chi connectivity index (χ0n) is 10.2. The number of carbonyl (C=O) groups excluding carboxylic acids is 2. The second-order valence-electron chi connectivity index (χ2n) is 4.20. The number of alkyl halides is 1. The molecule has 0 radical (unpaired) electrons. The fourth-order valence-electron chi connectivity index (χ4n) is 1.92. The molecule has 0 saturated carbocycles. The summed E-state index contributed by atoms with van der Waals surface area (Å²) in [5, 5.41) is 0. The molecule has 0 aromatic heterocycles. The molecule has 0 heterocycles. The fourth-order valence-corrected chi connectivity index (χ4v) is 1.92. The first-order valence-corrected chi connectivity index (χ1v) is 5.97. The lowest BCUT2D eigenvalue weighted by atomic mass is 9.91. The highest BCUT2D eigenvalue weighted by Gasteiger charge is 2.29. The number of halogens is 1. The maximum Gasteiger partial charge on any atom is 0.197 e. The van der Waals surface area contributed by atoms with Crippen molar-refractivity contribution in [3.05, 3.63) is 71.8 Å². The van der Waals surface area contributed by atoms with Crippen LogP contribution in [0.2, 0.25) is 0 Å². The van der Waals surface area contributed by atoms with E-state index in [2.05, 4.69) is 0 Å². The summed E-state index contributed by atoms with van der Waals surface area (Å²) in [6, 6.07) is 16.7. The van der Waals surface area contributed by atoms with Crippen LogP contribution in [0.25, 0.3) is 0 Å². The van der Waals surface area contributed by atoms with Crippen molar-refractivity contribution in [1.29, 1.82) is 0 Å². The molecule has 2 rings (SSSR count). The van der Waals surface area contributed by atoms with E-state index in [0.29, 0.717) is 11.8 Å². The second-order valence-corrected chi connectivity index (χ2v) is 4.20. The minimum Gasteiger partial charge on any atom is -0.303 e. The maximum atomic E-state index is 14.3. The number of rotatable bonds is 5. The van der Waals surface area contributed by atoms with Crippen LogP contribution in [0.1, 0.15) is 21.8 Å². The molecule has 0 amide bonds. The molecule has 0 N–H and O–H groups in total. The average molecular weight is 256 g/mol. The van der Waals surface area contributed by atoms with E-state index in [1.807, 2.05) is 0 Å². The van der Waals surface area contributed by atoms with E-state index in [9.17, 15) is 14.0 Å². The minimum atomic E-state index is -1.86. The van der Waals surface area contributed by atoms with Crippen molar-refractivity contribution in [1.82, 2.24) is 0 Å². The molecule has 0 saturated heterocycles. The number of benzene rings is 2. The first-order valence-electron chi connectivity index (χ1n) is 5.97. The molecular formula is C16H13FO2. The van der Waals surface area contributed by atoms with Gasteiger partial charge in [0.05, 0.1) is 5.92 Å². The number of hydrogen-bond donors (Lipinski definition) is 0. The van der Waals surface area contributed by atoms with Crippen LogP contribution in [-0.2, 0) is 4.79 Å². The van der Waals surface area contributed by atoms with Crippen LogP contribution in [0.4, 0.5) is 4.39 Å². The Bertz CT molecular complexity index is 551. The van der Waals surface area contributed by atoms with Gasteiger partial charge < -0.3 is 4.79 Å². The Morgan fingerprint density at radius 2 is 1.47 bits per heavy atom. The van der Waals surface area contributed by atoms with E-state index in [1.165, 1.54) is 0 Å². The van der Waals surface area contributed by atoms with E-state index in [4.69, 9.17) is 0 Å². The summed E-state index contributed by atoms with van der Waals surface area (Å²) in [5.74, 6) is -1.73. The molecule has 0 aliphatic heterocycles. The molecule has 2 atom stereocenters. The SMILES string of the molecule is O=CC(c1ccccc1)C(F)C(=O)c1ccccc1. The summed E-state index contributed by atoms with van der Waals surface area (Å²) >= 11 is 0. The largest absolute Gasteiger partial charge is 0.303 e. The molecule has 0 aliphatic rings. The Labute approximate surface area is 110 Å². The van der Waals surface area contributed by atoms with Gasteiger partial charge in [0.1, 0.15) is 6.29 Å². The molecule has 2 aromatic carbocycles. The molecule has 0 spiro atoms. The number of Topliss-reactive ketones (excluding diaryl/α,β-unsaturated/α-hetero) is 1. The molecule has 2 aromatic rings. The van der Waals surface area contributed by atoms with Gasteiger partial charge >= 0.3 is 0 Å². The third kappa shape index (κ3) is 2.94. The molecule has 19 heavy (non-hydrogen) atoms. The van der Waals surface area contributed by atoms with Gasteiger partial charge in [-0.1, -0.05) is 60.7 Å². The smallest absolute Gasteiger partial charge is 0.197 e. The summed E-state index contributed by atoms with van der Waals surface area (Å²) in [4.78, 5) is 23.1. The summed E-state index contributed by atoms with van der Waals surface area (Å²) in [5.41, 5.74) is 0.784. The number of carbonyl (C=O) groups is 2. The molecule has 0 bridgehead atoms. The predicted molar refractivity (Wildman–Crippen MR) is 70.9 cm³/mol. The summed E-state index contributed by atoms with van der Waals surface area (Å²) < 4.78 is 14.3. The third-order valence-electron chi connectivity index (χ3n) is 2.96. The Balaban J connectivity index is 2.25.